The molecule has 2 heterocycles. The molecule has 5 heteroatoms. The van der Waals surface area contributed by atoms with E-state index < -0.39 is 0 Å². The lowest BCUT2D eigenvalue weighted by Gasteiger charge is -2.30. The molecule has 0 spiro atoms. The molecule has 1 aromatic heterocycles. The Labute approximate surface area is 107 Å². The van der Waals surface area contributed by atoms with E-state index in [1.807, 2.05) is 18.3 Å². The minimum Gasteiger partial charge on any atom is -0.378 e. The Balaban J connectivity index is 2.07. The number of rotatable bonds is 1. The van der Waals surface area contributed by atoms with Crippen molar-refractivity contribution in [3.8, 4) is 0 Å². The van der Waals surface area contributed by atoms with Gasteiger partial charge in [-0.3, -0.25) is 0 Å². The molecule has 2 aromatic rings. The number of hydrogen-bond acceptors (Lipinski definition) is 3. The zero-order chi connectivity index (χ0) is 11.8. The second kappa shape index (κ2) is 4.42. The number of halogens is 1. The minimum absolute atomic E-state index is 0.0909. The molecule has 0 unspecified atom stereocenters. The lowest BCUT2D eigenvalue weighted by atomic mass is 10.1. The van der Waals surface area contributed by atoms with Crippen LogP contribution in [0.5, 0.6) is 0 Å². The number of morpholine rings is 1. The van der Waals surface area contributed by atoms with Crippen molar-refractivity contribution in [3.05, 3.63) is 34.4 Å². The van der Waals surface area contributed by atoms with E-state index in [1.54, 1.807) is 0 Å². The zero-order valence-electron chi connectivity index (χ0n) is 9.19. The number of hydrogen-bond donors (Lipinski definition) is 2. The molecule has 0 bridgehead atoms. The molecule has 3 rings (SSSR count). The van der Waals surface area contributed by atoms with Gasteiger partial charge < -0.3 is 14.9 Å². The molecule has 0 amide bonds. The molecule has 0 saturated carbocycles. The van der Waals surface area contributed by atoms with Crippen molar-refractivity contribution in [2.24, 2.45) is 0 Å². The summed E-state index contributed by atoms with van der Waals surface area (Å²) in [6, 6.07) is 5.99. The highest BCUT2D eigenvalue weighted by atomic mass is 79.9. The largest absolute Gasteiger partial charge is 0.378 e. The Morgan fingerprint density at radius 3 is 3.18 bits per heavy atom. The molecular formula is C12H13BrN2O2. The SMILES string of the molecule is ON1CCOC[C@H]1c1c[nH]c2ccc(Br)cc12. The van der Waals surface area contributed by atoms with Crippen molar-refractivity contribution >= 4 is 26.8 Å². The number of nitrogens with zero attached hydrogens (tertiary/aromatic N) is 1. The predicted molar refractivity (Wildman–Crippen MR) is 68.1 cm³/mol. The number of hydroxylamine groups is 2. The monoisotopic (exact) mass is 296 g/mol. The Morgan fingerprint density at radius 1 is 1.47 bits per heavy atom. The fourth-order valence-corrected chi connectivity index (χ4v) is 2.60. The van der Waals surface area contributed by atoms with Crippen molar-refractivity contribution in [1.29, 1.82) is 0 Å². The smallest absolute Gasteiger partial charge is 0.0854 e. The van der Waals surface area contributed by atoms with E-state index in [9.17, 15) is 5.21 Å². The van der Waals surface area contributed by atoms with Gasteiger partial charge in [-0.25, -0.2) is 0 Å². The molecule has 1 fully saturated rings. The van der Waals surface area contributed by atoms with E-state index in [1.165, 1.54) is 5.06 Å². The van der Waals surface area contributed by atoms with Crippen LogP contribution >= 0.6 is 15.9 Å². The standard InChI is InChI=1S/C12H13BrN2O2/c13-8-1-2-11-9(5-8)10(6-14-11)12-7-17-4-3-15(12)16/h1-2,5-6,12,14,16H,3-4,7H2/t12-/m0/s1. The van der Waals surface area contributed by atoms with Crippen molar-refractivity contribution in [1.82, 2.24) is 10.0 Å². The first-order valence-electron chi connectivity index (χ1n) is 5.55. The molecular weight excluding hydrogens is 284 g/mol. The van der Waals surface area contributed by atoms with Crippen LogP contribution in [0.2, 0.25) is 0 Å². The number of H-pyrrole nitrogens is 1. The summed E-state index contributed by atoms with van der Waals surface area (Å²) in [6.07, 6.45) is 1.94. The van der Waals surface area contributed by atoms with Gasteiger partial charge in [-0.2, -0.15) is 5.06 Å². The minimum atomic E-state index is -0.0909. The summed E-state index contributed by atoms with van der Waals surface area (Å²) in [6.45, 7) is 1.65. The average molecular weight is 297 g/mol. The van der Waals surface area contributed by atoms with Gasteiger partial charge in [-0.15, -0.1) is 0 Å². The molecule has 1 aromatic carbocycles. The maximum Gasteiger partial charge on any atom is 0.0854 e. The molecule has 2 N–H and O–H groups in total. The molecule has 1 aliphatic rings. The molecule has 90 valence electrons. The van der Waals surface area contributed by atoms with Gasteiger partial charge in [0.15, 0.2) is 0 Å². The molecule has 1 atom stereocenters. The highest BCUT2D eigenvalue weighted by Gasteiger charge is 2.25. The summed E-state index contributed by atoms with van der Waals surface area (Å²) in [5, 5.41) is 12.4. The number of aromatic amines is 1. The lowest BCUT2D eigenvalue weighted by molar-refractivity contribution is -0.182. The highest BCUT2D eigenvalue weighted by molar-refractivity contribution is 9.10. The first-order chi connectivity index (χ1) is 8.25. The third kappa shape index (κ3) is 1.99. The van der Waals surface area contributed by atoms with Crippen LogP contribution in [0.15, 0.2) is 28.9 Å². The average Bonchev–Trinajstić information content (AvgIpc) is 2.72. The van der Waals surface area contributed by atoms with Crippen LogP contribution in [0.3, 0.4) is 0 Å². The van der Waals surface area contributed by atoms with E-state index in [2.05, 4.69) is 27.0 Å². The normalized spacial score (nSPS) is 22.1. The van der Waals surface area contributed by atoms with Gasteiger partial charge >= 0.3 is 0 Å². The van der Waals surface area contributed by atoms with Gasteiger partial charge in [0.2, 0.25) is 0 Å². The summed E-state index contributed by atoms with van der Waals surface area (Å²) in [7, 11) is 0. The van der Waals surface area contributed by atoms with E-state index in [-0.39, 0.29) is 6.04 Å². The fourth-order valence-electron chi connectivity index (χ4n) is 2.24. The van der Waals surface area contributed by atoms with Crippen LogP contribution in [-0.4, -0.2) is 35.0 Å². The van der Waals surface area contributed by atoms with Crippen LogP contribution in [0.25, 0.3) is 10.9 Å². The van der Waals surface area contributed by atoms with Crippen molar-refractivity contribution in [2.45, 2.75) is 6.04 Å². The molecule has 0 aliphatic carbocycles. The van der Waals surface area contributed by atoms with Crippen LogP contribution in [0.1, 0.15) is 11.6 Å². The topological polar surface area (TPSA) is 48.5 Å². The Bertz CT molecular complexity index is 540. The van der Waals surface area contributed by atoms with Gasteiger partial charge in [0.1, 0.15) is 0 Å². The second-order valence-corrected chi connectivity index (χ2v) is 5.10. The number of fused-ring (bicyclic) bond motifs is 1. The summed E-state index contributed by atoms with van der Waals surface area (Å²) >= 11 is 3.47. The zero-order valence-corrected chi connectivity index (χ0v) is 10.8. The van der Waals surface area contributed by atoms with E-state index in [0.717, 1.165) is 20.9 Å². The van der Waals surface area contributed by atoms with E-state index in [0.29, 0.717) is 19.8 Å². The molecule has 0 radical (unpaired) electrons. The van der Waals surface area contributed by atoms with E-state index >= 15 is 0 Å². The summed E-state index contributed by atoms with van der Waals surface area (Å²) < 4.78 is 6.46. The van der Waals surface area contributed by atoms with Crippen LogP contribution in [0.4, 0.5) is 0 Å². The van der Waals surface area contributed by atoms with Crippen molar-refractivity contribution in [2.75, 3.05) is 19.8 Å². The number of aromatic nitrogens is 1. The Morgan fingerprint density at radius 2 is 2.35 bits per heavy atom. The Kier molecular flexibility index (Phi) is 2.92. The van der Waals surface area contributed by atoms with Gasteiger partial charge in [0.05, 0.1) is 19.3 Å². The number of ether oxygens (including phenoxy) is 1. The van der Waals surface area contributed by atoms with E-state index in [4.69, 9.17) is 4.74 Å². The first-order valence-corrected chi connectivity index (χ1v) is 6.35. The predicted octanol–water partition coefficient (Wildman–Crippen LogP) is 2.69. The van der Waals surface area contributed by atoms with Crippen molar-refractivity contribution < 1.29 is 9.94 Å². The highest BCUT2D eigenvalue weighted by Crippen LogP contribution is 2.30. The second-order valence-electron chi connectivity index (χ2n) is 4.19. The summed E-state index contributed by atoms with van der Waals surface area (Å²) in [5.41, 5.74) is 2.14. The third-order valence-electron chi connectivity index (χ3n) is 3.14. The maximum atomic E-state index is 9.90. The van der Waals surface area contributed by atoms with Gasteiger partial charge in [0.25, 0.3) is 0 Å². The fraction of sp³-hybridized carbons (Fsp3) is 0.333. The van der Waals surface area contributed by atoms with Crippen LogP contribution < -0.4 is 0 Å². The quantitative estimate of drug-likeness (QED) is 0.851. The number of benzene rings is 1. The summed E-state index contributed by atoms with van der Waals surface area (Å²) in [4.78, 5) is 3.22. The van der Waals surface area contributed by atoms with Crippen LogP contribution in [-0.2, 0) is 4.74 Å². The molecule has 1 aliphatic heterocycles. The van der Waals surface area contributed by atoms with Gasteiger partial charge in [0, 0.05) is 28.1 Å². The Hall–Kier alpha value is -0.880. The first kappa shape index (κ1) is 11.2. The third-order valence-corrected chi connectivity index (χ3v) is 3.63. The molecule has 1 saturated heterocycles. The summed E-state index contributed by atoms with van der Waals surface area (Å²) in [5.74, 6) is 0. The maximum absolute atomic E-state index is 9.90. The number of nitrogens with one attached hydrogen (secondary N) is 1. The van der Waals surface area contributed by atoms with Crippen molar-refractivity contribution in [3.63, 3.8) is 0 Å². The van der Waals surface area contributed by atoms with Gasteiger partial charge in [-0.1, -0.05) is 15.9 Å². The van der Waals surface area contributed by atoms with Gasteiger partial charge in [-0.05, 0) is 23.8 Å². The molecule has 4 nitrogen and oxygen atoms in total. The van der Waals surface area contributed by atoms with Crippen LogP contribution in [0, 0.1) is 0 Å². The lowest BCUT2D eigenvalue weighted by Crippen LogP contribution is -2.36. The molecule has 17 heavy (non-hydrogen) atoms.